The molecule has 7 heteroatoms. The Morgan fingerprint density at radius 3 is 1.61 bits per heavy atom. The summed E-state index contributed by atoms with van der Waals surface area (Å²) in [6, 6.07) is 9.04. The van der Waals surface area contributed by atoms with E-state index < -0.39 is 23.4 Å². The summed E-state index contributed by atoms with van der Waals surface area (Å²) in [6.45, 7) is 0. The van der Waals surface area contributed by atoms with Crippen LogP contribution in [0.25, 0.3) is 33.0 Å². The second kappa shape index (κ2) is 5.63. The normalized spacial score (nSPS) is 14.9. The molecule has 0 fully saturated rings. The first kappa shape index (κ1) is 16.4. The molecule has 3 heterocycles. The minimum absolute atomic E-state index is 0.0491. The van der Waals surface area contributed by atoms with Crippen LogP contribution >= 0.6 is 0 Å². The van der Waals surface area contributed by atoms with Crippen LogP contribution in [0.15, 0.2) is 48.8 Å². The number of carbonyl (C=O) groups excluding carboxylic acids is 2. The Morgan fingerprint density at radius 2 is 1.18 bits per heavy atom. The number of H-pyrrole nitrogens is 2. The van der Waals surface area contributed by atoms with Gasteiger partial charge in [0.05, 0.1) is 11.1 Å². The lowest BCUT2D eigenvalue weighted by Gasteiger charge is -2.06. The predicted molar refractivity (Wildman–Crippen MR) is 101 cm³/mol. The van der Waals surface area contributed by atoms with E-state index in [1.165, 1.54) is 31.6 Å². The number of imide groups is 1. The number of fused-ring (bicyclic) bond motifs is 2. The maximum absolute atomic E-state index is 14.5. The molecule has 0 saturated carbocycles. The zero-order valence-corrected chi connectivity index (χ0v) is 14.6. The SMILES string of the molecule is CN1C(=O)C(c2c[nH]c3cccc(F)c23)=C(c2c[nH]c3cccc(F)c23)C1=O. The van der Waals surface area contributed by atoms with Crippen molar-refractivity contribution in [1.29, 1.82) is 0 Å². The van der Waals surface area contributed by atoms with Crippen LogP contribution in [0.2, 0.25) is 0 Å². The Balaban J connectivity index is 1.90. The van der Waals surface area contributed by atoms with Crippen molar-refractivity contribution in [2.75, 3.05) is 7.05 Å². The van der Waals surface area contributed by atoms with Gasteiger partial charge in [0.2, 0.25) is 0 Å². The molecule has 5 rings (SSSR count). The van der Waals surface area contributed by atoms with E-state index in [9.17, 15) is 18.4 Å². The molecule has 0 spiro atoms. The first-order chi connectivity index (χ1) is 13.5. The molecule has 0 saturated heterocycles. The van der Waals surface area contributed by atoms with Crippen molar-refractivity contribution >= 4 is 44.8 Å². The van der Waals surface area contributed by atoms with Crippen LogP contribution in [-0.2, 0) is 9.59 Å². The van der Waals surface area contributed by atoms with Crippen LogP contribution in [0.4, 0.5) is 8.78 Å². The van der Waals surface area contributed by atoms with E-state index in [1.54, 1.807) is 24.3 Å². The van der Waals surface area contributed by atoms with Gasteiger partial charge in [-0.2, -0.15) is 0 Å². The van der Waals surface area contributed by atoms with E-state index >= 15 is 0 Å². The number of nitrogens with zero attached hydrogens (tertiary/aromatic N) is 1. The molecule has 0 atom stereocenters. The number of rotatable bonds is 2. The van der Waals surface area contributed by atoms with Crippen molar-refractivity contribution in [2.24, 2.45) is 0 Å². The number of amides is 2. The highest BCUT2D eigenvalue weighted by Gasteiger charge is 2.39. The lowest BCUT2D eigenvalue weighted by Crippen LogP contribution is -2.26. The summed E-state index contributed by atoms with van der Waals surface area (Å²) in [5.41, 5.74) is 1.65. The molecule has 2 aromatic carbocycles. The molecule has 0 unspecified atom stereocenters. The molecule has 0 radical (unpaired) electrons. The van der Waals surface area contributed by atoms with Crippen LogP contribution in [-0.4, -0.2) is 33.7 Å². The molecule has 0 bridgehead atoms. The fourth-order valence-corrected chi connectivity index (χ4v) is 3.82. The summed E-state index contributed by atoms with van der Waals surface area (Å²) >= 11 is 0. The van der Waals surface area contributed by atoms with Crippen molar-refractivity contribution in [3.05, 3.63) is 71.6 Å². The molecule has 2 aromatic heterocycles. The zero-order chi connectivity index (χ0) is 19.6. The Labute approximate surface area is 157 Å². The van der Waals surface area contributed by atoms with Crippen molar-refractivity contribution in [2.45, 2.75) is 0 Å². The fraction of sp³-hybridized carbons (Fsp3) is 0.0476. The van der Waals surface area contributed by atoms with Crippen LogP contribution in [0.3, 0.4) is 0 Å². The summed E-state index contributed by atoms with van der Waals surface area (Å²) < 4.78 is 29.0. The van der Waals surface area contributed by atoms with E-state index in [4.69, 9.17) is 0 Å². The standard InChI is InChI=1S/C21H13F2N3O2/c1-26-20(27)18(10-8-24-14-6-2-4-12(22)16(10)14)19(21(26)28)11-9-25-15-7-3-5-13(23)17(11)15/h2-9,24-25H,1H3. The number of aromatic amines is 2. The molecule has 0 aliphatic carbocycles. The maximum atomic E-state index is 14.5. The third-order valence-electron chi connectivity index (χ3n) is 5.14. The van der Waals surface area contributed by atoms with E-state index in [0.717, 1.165) is 4.90 Å². The Morgan fingerprint density at radius 1 is 0.750 bits per heavy atom. The Bertz CT molecular complexity index is 1240. The third-order valence-corrected chi connectivity index (χ3v) is 5.14. The van der Waals surface area contributed by atoms with E-state index in [0.29, 0.717) is 11.0 Å². The number of halogens is 2. The van der Waals surface area contributed by atoms with Gasteiger partial charge in [0.15, 0.2) is 0 Å². The highest BCUT2D eigenvalue weighted by Crippen LogP contribution is 2.41. The van der Waals surface area contributed by atoms with Crippen molar-refractivity contribution in [3.8, 4) is 0 Å². The first-order valence-corrected chi connectivity index (χ1v) is 8.57. The van der Waals surface area contributed by atoms with Gasteiger partial charge in [0, 0.05) is 52.4 Å². The predicted octanol–water partition coefficient (Wildman–Crippen LogP) is 3.84. The van der Waals surface area contributed by atoms with Crippen LogP contribution < -0.4 is 0 Å². The third kappa shape index (κ3) is 2.04. The zero-order valence-electron chi connectivity index (χ0n) is 14.6. The molecule has 2 N–H and O–H groups in total. The minimum Gasteiger partial charge on any atom is -0.360 e. The number of benzene rings is 2. The molecule has 4 aromatic rings. The Kier molecular flexibility index (Phi) is 3.30. The van der Waals surface area contributed by atoms with E-state index in [-0.39, 0.29) is 33.0 Å². The molecule has 1 aliphatic rings. The van der Waals surface area contributed by atoms with Gasteiger partial charge in [0.1, 0.15) is 11.6 Å². The topological polar surface area (TPSA) is 69.0 Å². The van der Waals surface area contributed by atoms with Crippen molar-refractivity contribution in [3.63, 3.8) is 0 Å². The number of nitrogens with one attached hydrogen (secondary N) is 2. The second-order valence-electron chi connectivity index (χ2n) is 6.65. The summed E-state index contributed by atoms with van der Waals surface area (Å²) in [4.78, 5) is 32.6. The highest BCUT2D eigenvalue weighted by atomic mass is 19.1. The van der Waals surface area contributed by atoms with Gasteiger partial charge in [-0.1, -0.05) is 12.1 Å². The number of hydrogen-bond donors (Lipinski definition) is 2. The summed E-state index contributed by atoms with van der Waals surface area (Å²) in [7, 11) is 1.36. The van der Waals surface area contributed by atoms with Gasteiger partial charge in [-0.15, -0.1) is 0 Å². The van der Waals surface area contributed by atoms with Gasteiger partial charge in [-0.25, -0.2) is 8.78 Å². The summed E-state index contributed by atoms with van der Waals surface area (Å²) in [5.74, 6) is -2.15. The molecule has 2 amide bonds. The van der Waals surface area contributed by atoms with Gasteiger partial charge >= 0.3 is 0 Å². The smallest absolute Gasteiger partial charge is 0.261 e. The van der Waals surface area contributed by atoms with Gasteiger partial charge in [-0.05, 0) is 24.3 Å². The van der Waals surface area contributed by atoms with Crippen molar-refractivity contribution in [1.82, 2.24) is 14.9 Å². The lowest BCUT2D eigenvalue weighted by molar-refractivity contribution is -0.134. The molecule has 5 nitrogen and oxygen atoms in total. The minimum atomic E-state index is -0.560. The van der Waals surface area contributed by atoms with Crippen LogP contribution in [0, 0.1) is 11.6 Å². The largest absolute Gasteiger partial charge is 0.360 e. The maximum Gasteiger partial charge on any atom is 0.261 e. The number of aromatic nitrogens is 2. The van der Waals surface area contributed by atoms with Gasteiger partial charge in [0.25, 0.3) is 11.8 Å². The number of hydrogen-bond acceptors (Lipinski definition) is 2. The first-order valence-electron chi connectivity index (χ1n) is 8.57. The van der Waals surface area contributed by atoms with Gasteiger partial charge < -0.3 is 9.97 Å². The molecule has 28 heavy (non-hydrogen) atoms. The monoisotopic (exact) mass is 377 g/mol. The fourth-order valence-electron chi connectivity index (χ4n) is 3.82. The molecular formula is C21H13F2N3O2. The lowest BCUT2D eigenvalue weighted by atomic mass is 9.95. The average molecular weight is 377 g/mol. The quantitative estimate of drug-likeness (QED) is 0.521. The van der Waals surface area contributed by atoms with Crippen LogP contribution in [0.1, 0.15) is 11.1 Å². The number of likely N-dealkylation sites (N-methyl/N-ethyl adjacent to an activating group) is 1. The van der Waals surface area contributed by atoms with Gasteiger partial charge in [-0.3, -0.25) is 14.5 Å². The molecule has 1 aliphatic heterocycles. The van der Waals surface area contributed by atoms with Crippen LogP contribution in [0.5, 0.6) is 0 Å². The van der Waals surface area contributed by atoms with Crippen molar-refractivity contribution < 1.29 is 18.4 Å². The molecule has 138 valence electrons. The summed E-state index contributed by atoms with van der Waals surface area (Å²) in [5, 5.41) is 0.429. The second-order valence-corrected chi connectivity index (χ2v) is 6.65. The Hall–Kier alpha value is -3.74. The van der Waals surface area contributed by atoms with E-state index in [2.05, 4.69) is 9.97 Å². The highest BCUT2D eigenvalue weighted by molar-refractivity contribution is 6.50. The molecular weight excluding hydrogens is 364 g/mol. The number of carbonyl (C=O) groups is 2. The summed E-state index contributed by atoms with van der Waals surface area (Å²) in [6.07, 6.45) is 3.00. The van der Waals surface area contributed by atoms with E-state index in [1.807, 2.05) is 0 Å². The average Bonchev–Trinajstić information content (AvgIpc) is 3.35.